The molecule has 0 fully saturated rings. The first kappa shape index (κ1) is 16.8. The van der Waals surface area contributed by atoms with Gasteiger partial charge in [0, 0.05) is 13.6 Å². The molecule has 1 aromatic heterocycles. The molecular formula is C16H22N4O3. The van der Waals surface area contributed by atoms with Gasteiger partial charge in [0.15, 0.2) is 11.5 Å². The summed E-state index contributed by atoms with van der Waals surface area (Å²) in [4.78, 5) is 17.9. The molecule has 0 unspecified atom stereocenters. The zero-order valence-electron chi connectivity index (χ0n) is 13.9. The van der Waals surface area contributed by atoms with Crippen LogP contribution in [0.15, 0.2) is 30.9 Å². The van der Waals surface area contributed by atoms with E-state index in [9.17, 15) is 4.79 Å². The lowest BCUT2D eigenvalue weighted by atomic mass is 10.1. The first-order chi connectivity index (χ1) is 11.1. The largest absolute Gasteiger partial charge is 0.493 e. The lowest BCUT2D eigenvalue weighted by Gasteiger charge is -2.21. The Morgan fingerprint density at radius 2 is 2.04 bits per heavy atom. The summed E-state index contributed by atoms with van der Waals surface area (Å²) >= 11 is 0. The molecular weight excluding hydrogens is 296 g/mol. The second-order valence-corrected chi connectivity index (χ2v) is 5.25. The molecule has 1 atom stereocenters. The van der Waals surface area contributed by atoms with Gasteiger partial charge in [0.2, 0.25) is 5.91 Å². The molecule has 0 aliphatic rings. The fourth-order valence-electron chi connectivity index (χ4n) is 2.29. The monoisotopic (exact) mass is 318 g/mol. The molecule has 1 heterocycles. The quantitative estimate of drug-likeness (QED) is 0.775. The highest BCUT2D eigenvalue weighted by atomic mass is 16.5. The van der Waals surface area contributed by atoms with Gasteiger partial charge in [-0.1, -0.05) is 6.07 Å². The number of nitrogens with zero attached hydrogens (tertiary/aromatic N) is 4. The van der Waals surface area contributed by atoms with Gasteiger partial charge in [-0.3, -0.25) is 4.79 Å². The summed E-state index contributed by atoms with van der Waals surface area (Å²) in [6.45, 7) is 2.41. The van der Waals surface area contributed by atoms with E-state index in [4.69, 9.17) is 9.47 Å². The third-order valence-corrected chi connectivity index (χ3v) is 3.75. The molecule has 0 radical (unpaired) electrons. The number of aromatic nitrogens is 3. The summed E-state index contributed by atoms with van der Waals surface area (Å²) in [5.74, 6) is 1.38. The lowest BCUT2D eigenvalue weighted by molar-refractivity contribution is -0.133. The number of likely N-dealkylation sites (N-methyl/N-ethyl adjacent to an activating group) is 1. The van der Waals surface area contributed by atoms with Crippen molar-refractivity contribution in [2.24, 2.45) is 0 Å². The third kappa shape index (κ3) is 4.00. The van der Waals surface area contributed by atoms with E-state index in [-0.39, 0.29) is 11.9 Å². The summed E-state index contributed by atoms with van der Waals surface area (Å²) in [6, 6.07) is 5.40. The Labute approximate surface area is 135 Å². The number of carbonyl (C=O) groups is 1. The zero-order chi connectivity index (χ0) is 16.8. The molecule has 0 spiro atoms. The van der Waals surface area contributed by atoms with Gasteiger partial charge in [-0.05, 0) is 31.0 Å². The molecule has 1 aromatic carbocycles. The van der Waals surface area contributed by atoms with E-state index in [1.54, 1.807) is 37.2 Å². The van der Waals surface area contributed by atoms with Crippen LogP contribution in [0.4, 0.5) is 0 Å². The van der Waals surface area contributed by atoms with E-state index >= 15 is 0 Å². The van der Waals surface area contributed by atoms with Crippen LogP contribution in [0, 0.1) is 0 Å². The first-order valence-corrected chi connectivity index (χ1v) is 7.36. The Morgan fingerprint density at radius 1 is 1.30 bits per heavy atom. The SMILES string of the molecule is COc1ccc(CCN(C)C(=O)[C@@H](C)n2cncn2)cc1OC. The van der Waals surface area contributed by atoms with Crippen molar-refractivity contribution in [1.82, 2.24) is 19.7 Å². The van der Waals surface area contributed by atoms with E-state index < -0.39 is 0 Å². The molecule has 0 bridgehead atoms. The molecule has 7 heteroatoms. The molecule has 1 amide bonds. The van der Waals surface area contributed by atoms with Gasteiger partial charge in [0.05, 0.1) is 14.2 Å². The number of rotatable bonds is 7. The highest BCUT2D eigenvalue weighted by molar-refractivity contribution is 5.79. The minimum absolute atomic E-state index is 0.00373. The van der Waals surface area contributed by atoms with Crippen molar-refractivity contribution in [2.75, 3.05) is 27.8 Å². The van der Waals surface area contributed by atoms with Crippen LogP contribution < -0.4 is 9.47 Å². The Bertz CT molecular complexity index is 643. The maximum absolute atomic E-state index is 12.4. The van der Waals surface area contributed by atoms with Crippen LogP contribution in [0.2, 0.25) is 0 Å². The normalized spacial score (nSPS) is 11.8. The van der Waals surface area contributed by atoms with Crippen molar-refractivity contribution in [3.63, 3.8) is 0 Å². The maximum atomic E-state index is 12.4. The zero-order valence-corrected chi connectivity index (χ0v) is 13.9. The van der Waals surface area contributed by atoms with Crippen LogP contribution in [0.25, 0.3) is 0 Å². The van der Waals surface area contributed by atoms with Gasteiger partial charge in [0.1, 0.15) is 18.7 Å². The standard InChI is InChI=1S/C16H22N4O3/c1-12(20-11-17-10-18-20)16(21)19(2)8-7-13-5-6-14(22-3)15(9-13)23-4/h5-6,9-12H,7-8H2,1-4H3/t12-/m1/s1. The van der Waals surface area contributed by atoms with Crippen molar-refractivity contribution < 1.29 is 14.3 Å². The van der Waals surface area contributed by atoms with Gasteiger partial charge < -0.3 is 14.4 Å². The number of benzene rings is 1. The van der Waals surface area contributed by atoms with Gasteiger partial charge in [0.25, 0.3) is 0 Å². The average Bonchev–Trinajstić information content (AvgIpc) is 3.12. The Morgan fingerprint density at radius 3 is 2.65 bits per heavy atom. The fraction of sp³-hybridized carbons (Fsp3) is 0.438. The van der Waals surface area contributed by atoms with E-state index in [0.29, 0.717) is 18.0 Å². The Hall–Kier alpha value is -2.57. The number of carbonyl (C=O) groups excluding carboxylic acids is 1. The predicted molar refractivity (Wildman–Crippen MR) is 85.6 cm³/mol. The van der Waals surface area contributed by atoms with Crippen LogP contribution in [-0.2, 0) is 11.2 Å². The smallest absolute Gasteiger partial charge is 0.246 e. The van der Waals surface area contributed by atoms with E-state index in [1.807, 2.05) is 25.1 Å². The summed E-state index contributed by atoms with van der Waals surface area (Å²) in [5, 5.41) is 4.01. The Balaban J connectivity index is 1.96. The molecule has 0 N–H and O–H groups in total. The predicted octanol–water partition coefficient (Wildman–Crippen LogP) is 1.56. The van der Waals surface area contributed by atoms with Crippen molar-refractivity contribution in [1.29, 1.82) is 0 Å². The average molecular weight is 318 g/mol. The first-order valence-electron chi connectivity index (χ1n) is 7.36. The maximum Gasteiger partial charge on any atom is 0.246 e. The minimum Gasteiger partial charge on any atom is -0.493 e. The molecule has 2 rings (SSSR count). The van der Waals surface area contributed by atoms with Gasteiger partial charge >= 0.3 is 0 Å². The van der Waals surface area contributed by atoms with Crippen LogP contribution in [0.1, 0.15) is 18.5 Å². The summed E-state index contributed by atoms with van der Waals surface area (Å²) < 4.78 is 12.1. The van der Waals surface area contributed by atoms with Crippen LogP contribution in [0.3, 0.4) is 0 Å². The molecule has 2 aromatic rings. The van der Waals surface area contributed by atoms with Gasteiger partial charge in [-0.2, -0.15) is 5.10 Å². The van der Waals surface area contributed by atoms with E-state index in [1.165, 1.54) is 6.33 Å². The van der Waals surface area contributed by atoms with Crippen LogP contribution in [-0.4, -0.2) is 53.4 Å². The number of amides is 1. The third-order valence-electron chi connectivity index (χ3n) is 3.75. The second-order valence-electron chi connectivity index (χ2n) is 5.25. The van der Waals surface area contributed by atoms with Crippen molar-refractivity contribution >= 4 is 5.91 Å². The number of hydrogen-bond donors (Lipinski definition) is 0. The summed E-state index contributed by atoms with van der Waals surface area (Å²) in [5.41, 5.74) is 1.08. The van der Waals surface area contributed by atoms with Gasteiger partial charge in [-0.15, -0.1) is 0 Å². The van der Waals surface area contributed by atoms with Crippen LogP contribution in [0.5, 0.6) is 11.5 Å². The molecule has 23 heavy (non-hydrogen) atoms. The summed E-state index contributed by atoms with van der Waals surface area (Å²) in [7, 11) is 5.00. The van der Waals surface area contributed by atoms with Crippen molar-refractivity contribution in [2.45, 2.75) is 19.4 Å². The van der Waals surface area contributed by atoms with Gasteiger partial charge in [-0.25, -0.2) is 9.67 Å². The van der Waals surface area contributed by atoms with Crippen molar-refractivity contribution in [3.05, 3.63) is 36.4 Å². The Kier molecular flexibility index (Phi) is 5.56. The molecule has 0 aliphatic heterocycles. The molecule has 0 saturated heterocycles. The van der Waals surface area contributed by atoms with Crippen molar-refractivity contribution in [3.8, 4) is 11.5 Å². The van der Waals surface area contributed by atoms with E-state index in [0.717, 1.165) is 12.0 Å². The summed E-state index contributed by atoms with van der Waals surface area (Å²) in [6.07, 6.45) is 3.70. The number of hydrogen-bond acceptors (Lipinski definition) is 5. The number of methoxy groups -OCH3 is 2. The topological polar surface area (TPSA) is 69.5 Å². The minimum atomic E-state index is -0.368. The lowest BCUT2D eigenvalue weighted by Crippen LogP contribution is -2.34. The second kappa shape index (κ2) is 7.62. The molecule has 0 saturated carbocycles. The highest BCUT2D eigenvalue weighted by Gasteiger charge is 2.19. The number of ether oxygens (including phenoxy) is 2. The highest BCUT2D eigenvalue weighted by Crippen LogP contribution is 2.27. The molecule has 7 nitrogen and oxygen atoms in total. The molecule has 0 aliphatic carbocycles. The molecule has 124 valence electrons. The van der Waals surface area contributed by atoms with E-state index in [2.05, 4.69) is 10.1 Å². The van der Waals surface area contributed by atoms with Crippen LogP contribution >= 0.6 is 0 Å². The fourth-order valence-corrected chi connectivity index (χ4v) is 2.29.